The molecule has 0 saturated heterocycles. The standard InChI is InChI=1S/C22H21N3O5S2/c1-4-30-20(27)18-17(13-8-6-5-7-9-13)23-22(32-18)25-21(31)24-19(26)14-10-15(28-2)12-16(11-14)29-3/h5-12H,4H2,1-3H3,(H2,23,24,25,26,31). The lowest BCUT2D eigenvalue weighted by Gasteiger charge is -2.10. The van der Waals surface area contributed by atoms with Gasteiger partial charge in [0, 0.05) is 17.2 Å². The van der Waals surface area contributed by atoms with Gasteiger partial charge in [0.25, 0.3) is 5.91 Å². The maximum atomic E-state index is 12.6. The molecule has 0 aliphatic rings. The molecule has 1 aromatic heterocycles. The number of thiazole rings is 1. The van der Waals surface area contributed by atoms with Crippen molar-refractivity contribution in [3.8, 4) is 22.8 Å². The van der Waals surface area contributed by atoms with E-state index in [-0.39, 0.29) is 11.7 Å². The van der Waals surface area contributed by atoms with Gasteiger partial charge >= 0.3 is 5.97 Å². The maximum Gasteiger partial charge on any atom is 0.350 e. The lowest BCUT2D eigenvalue weighted by atomic mass is 10.1. The smallest absolute Gasteiger partial charge is 0.350 e. The number of nitrogens with zero attached hydrogens (tertiary/aromatic N) is 1. The quantitative estimate of drug-likeness (QED) is 0.392. The van der Waals surface area contributed by atoms with E-state index in [1.54, 1.807) is 25.1 Å². The zero-order valence-corrected chi connectivity index (χ0v) is 19.3. The topological polar surface area (TPSA) is 98.8 Å². The van der Waals surface area contributed by atoms with Gasteiger partial charge in [0.15, 0.2) is 10.2 Å². The number of aromatic nitrogens is 1. The number of esters is 1. The second-order valence-corrected chi connectivity index (χ2v) is 7.70. The number of carbonyl (C=O) groups is 2. The van der Waals surface area contributed by atoms with Crippen molar-refractivity contribution in [2.24, 2.45) is 0 Å². The molecule has 0 aliphatic heterocycles. The summed E-state index contributed by atoms with van der Waals surface area (Å²) in [5.41, 5.74) is 1.54. The van der Waals surface area contributed by atoms with Gasteiger partial charge in [-0.2, -0.15) is 0 Å². The Kier molecular flexibility index (Phi) is 7.74. The largest absolute Gasteiger partial charge is 0.497 e. The number of carbonyl (C=O) groups excluding carboxylic acids is 2. The Labute approximate surface area is 194 Å². The number of ether oxygens (including phenoxy) is 3. The number of amides is 1. The molecule has 2 aromatic carbocycles. The summed E-state index contributed by atoms with van der Waals surface area (Å²) in [5.74, 6) is 0.0141. The lowest BCUT2D eigenvalue weighted by Crippen LogP contribution is -2.34. The monoisotopic (exact) mass is 471 g/mol. The Morgan fingerprint density at radius 1 is 1.06 bits per heavy atom. The van der Waals surface area contributed by atoms with Crippen molar-refractivity contribution in [1.29, 1.82) is 0 Å². The molecule has 1 amide bonds. The molecule has 32 heavy (non-hydrogen) atoms. The number of anilines is 1. The molecule has 0 atom stereocenters. The number of methoxy groups -OCH3 is 2. The molecule has 3 aromatic rings. The molecule has 0 bridgehead atoms. The van der Waals surface area contributed by atoms with Crippen LogP contribution in [0.5, 0.6) is 11.5 Å². The zero-order chi connectivity index (χ0) is 23.1. The highest BCUT2D eigenvalue weighted by Gasteiger charge is 2.21. The van der Waals surface area contributed by atoms with Crippen molar-refractivity contribution < 1.29 is 23.8 Å². The molecule has 0 saturated carbocycles. The molecule has 0 unspecified atom stereocenters. The average Bonchev–Trinajstić information content (AvgIpc) is 3.23. The molecule has 1 heterocycles. The van der Waals surface area contributed by atoms with Gasteiger partial charge in [-0.3, -0.25) is 10.1 Å². The number of benzene rings is 2. The summed E-state index contributed by atoms with van der Waals surface area (Å²) in [6.45, 7) is 1.98. The first-order valence-electron chi connectivity index (χ1n) is 9.54. The molecule has 0 fully saturated rings. The third-order valence-electron chi connectivity index (χ3n) is 4.20. The normalized spacial score (nSPS) is 10.2. The second kappa shape index (κ2) is 10.7. The fraction of sp³-hybridized carbons (Fsp3) is 0.182. The van der Waals surface area contributed by atoms with E-state index in [1.807, 2.05) is 30.3 Å². The summed E-state index contributed by atoms with van der Waals surface area (Å²) in [5, 5.41) is 5.83. The molecular formula is C22H21N3O5S2. The van der Waals surface area contributed by atoms with E-state index >= 15 is 0 Å². The minimum atomic E-state index is -0.477. The first kappa shape index (κ1) is 23.2. The van der Waals surface area contributed by atoms with Crippen LogP contribution in [0.15, 0.2) is 48.5 Å². The Bertz CT molecular complexity index is 1110. The van der Waals surface area contributed by atoms with Gasteiger partial charge in [-0.05, 0) is 31.3 Å². The third kappa shape index (κ3) is 5.59. The fourth-order valence-electron chi connectivity index (χ4n) is 2.74. The van der Waals surface area contributed by atoms with Crippen molar-refractivity contribution in [2.45, 2.75) is 6.92 Å². The molecule has 3 rings (SSSR count). The Balaban J connectivity index is 1.79. The van der Waals surface area contributed by atoms with Gasteiger partial charge in [0.2, 0.25) is 0 Å². The first-order chi connectivity index (χ1) is 15.4. The van der Waals surface area contributed by atoms with Gasteiger partial charge < -0.3 is 19.5 Å². The molecule has 10 heteroatoms. The van der Waals surface area contributed by atoms with Gasteiger partial charge in [-0.25, -0.2) is 9.78 Å². The van der Waals surface area contributed by atoms with E-state index in [0.29, 0.717) is 32.8 Å². The van der Waals surface area contributed by atoms with Crippen LogP contribution in [0.2, 0.25) is 0 Å². The fourth-order valence-corrected chi connectivity index (χ4v) is 3.88. The van der Waals surface area contributed by atoms with E-state index in [2.05, 4.69) is 15.6 Å². The summed E-state index contributed by atoms with van der Waals surface area (Å²) >= 11 is 6.36. The summed E-state index contributed by atoms with van der Waals surface area (Å²) in [7, 11) is 2.99. The van der Waals surface area contributed by atoms with E-state index in [0.717, 1.165) is 16.9 Å². The maximum absolute atomic E-state index is 12.6. The van der Waals surface area contributed by atoms with E-state index < -0.39 is 11.9 Å². The lowest BCUT2D eigenvalue weighted by molar-refractivity contribution is 0.0532. The van der Waals surface area contributed by atoms with Crippen molar-refractivity contribution >= 4 is 45.7 Å². The summed E-state index contributed by atoms with van der Waals surface area (Å²) in [6, 6.07) is 14.1. The number of rotatable bonds is 7. The molecule has 166 valence electrons. The Hall–Kier alpha value is -3.50. The van der Waals surface area contributed by atoms with Gasteiger partial charge in [0.1, 0.15) is 16.4 Å². The summed E-state index contributed by atoms with van der Waals surface area (Å²) in [4.78, 5) is 29.9. The van der Waals surface area contributed by atoms with E-state index in [9.17, 15) is 9.59 Å². The molecule has 0 aliphatic carbocycles. The molecular weight excluding hydrogens is 450 g/mol. The van der Waals surface area contributed by atoms with Crippen LogP contribution in [0.1, 0.15) is 27.0 Å². The molecule has 8 nitrogen and oxygen atoms in total. The van der Waals surface area contributed by atoms with E-state index in [1.165, 1.54) is 14.2 Å². The number of thiocarbonyl (C=S) groups is 1. The molecule has 0 spiro atoms. The average molecular weight is 472 g/mol. The highest BCUT2D eigenvalue weighted by atomic mass is 32.1. The summed E-state index contributed by atoms with van der Waals surface area (Å²) < 4.78 is 15.5. The number of hydrogen-bond acceptors (Lipinski definition) is 8. The van der Waals surface area contributed by atoms with Crippen LogP contribution in [0, 0.1) is 0 Å². The molecule has 0 radical (unpaired) electrons. The van der Waals surface area contributed by atoms with Gasteiger partial charge in [0.05, 0.1) is 26.5 Å². The second-order valence-electron chi connectivity index (χ2n) is 6.29. The molecule has 2 N–H and O–H groups in total. The highest BCUT2D eigenvalue weighted by molar-refractivity contribution is 7.80. The SMILES string of the molecule is CCOC(=O)c1sc(NC(=S)NC(=O)c2cc(OC)cc(OC)c2)nc1-c1ccccc1. The van der Waals surface area contributed by atoms with Crippen LogP contribution in [0.25, 0.3) is 11.3 Å². The van der Waals surface area contributed by atoms with Crippen LogP contribution >= 0.6 is 23.6 Å². The van der Waals surface area contributed by atoms with Crippen LogP contribution in [-0.2, 0) is 4.74 Å². The van der Waals surface area contributed by atoms with Crippen LogP contribution in [0.4, 0.5) is 5.13 Å². The minimum absolute atomic E-state index is 0.0283. The Morgan fingerprint density at radius 3 is 2.31 bits per heavy atom. The highest BCUT2D eigenvalue weighted by Crippen LogP contribution is 2.32. The summed E-state index contributed by atoms with van der Waals surface area (Å²) in [6.07, 6.45) is 0. The van der Waals surface area contributed by atoms with Crippen molar-refractivity contribution in [1.82, 2.24) is 10.3 Å². The van der Waals surface area contributed by atoms with Crippen molar-refractivity contribution in [3.63, 3.8) is 0 Å². The van der Waals surface area contributed by atoms with Crippen molar-refractivity contribution in [2.75, 3.05) is 26.1 Å². The predicted molar refractivity (Wildman–Crippen MR) is 127 cm³/mol. The van der Waals surface area contributed by atoms with Crippen LogP contribution < -0.4 is 20.1 Å². The third-order valence-corrected chi connectivity index (χ3v) is 5.35. The minimum Gasteiger partial charge on any atom is -0.497 e. The Morgan fingerprint density at radius 2 is 1.72 bits per heavy atom. The van der Waals surface area contributed by atoms with Crippen molar-refractivity contribution in [3.05, 3.63) is 59.0 Å². The zero-order valence-electron chi connectivity index (χ0n) is 17.6. The number of nitrogens with one attached hydrogen (secondary N) is 2. The first-order valence-corrected chi connectivity index (χ1v) is 10.8. The van der Waals surface area contributed by atoms with Gasteiger partial charge in [-0.1, -0.05) is 41.7 Å². The van der Waals surface area contributed by atoms with Gasteiger partial charge in [-0.15, -0.1) is 0 Å². The predicted octanol–water partition coefficient (Wildman–Crippen LogP) is 4.13. The van der Waals surface area contributed by atoms with Crippen LogP contribution in [0.3, 0.4) is 0 Å². The number of hydrogen-bond donors (Lipinski definition) is 2. The van der Waals surface area contributed by atoms with Crippen LogP contribution in [-0.4, -0.2) is 42.8 Å². The van der Waals surface area contributed by atoms with E-state index in [4.69, 9.17) is 26.4 Å².